The summed E-state index contributed by atoms with van der Waals surface area (Å²) in [6, 6.07) is 0.195. The molecule has 1 aromatic heterocycles. The van der Waals surface area contributed by atoms with Crippen molar-refractivity contribution in [2.75, 3.05) is 39.4 Å². The van der Waals surface area contributed by atoms with Crippen LogP contribution >= 0.6 is 0 Å². The zero-order valence-corrected chi connectivity index (χ0v) is 15.5. The van der Waals surface area contributed by atoms with Crippen LogP contribution in [0.1, 0.15) is 37.8 Å². The van der Waals surface area contributed by atoms with Crippen LogP contribution in [-0.4, -0.2) is 70.8 Å². The molecule has 0 aliphatic carbocycles. The number of aromatic nitrogens is 2. The second-order valence-corrected chi connectivity index (χ2v) is 7.86. The molecule has 3 saturated heterocycles. The van der Waals surface area contributed by atoms with Crippen LogP contribution < -0.4 is 4.74 Å². The maximum absolute atomic E-state index is 12.5. The Hall–Kier alpha value is -1.89. The average molecular weight is 360 g/mol. The lowest BCUT2D eigenvalue weighted by molar-refractivity contribution is -0.167. The van der Waals surface area contributed by atoms with Crippen molar-refractivity contribution in [1.82, 2.24) is 19.8 Å². The Labute approximate surface area is 154 Å². The van der Waals surface area contributed by atoms with E-state index < -0.39 is 0 Å². The van der Waals surface area contributed by atoms with E-state index in [2.05, 4.69) is 9.97 Å². The molecule has 26 heavy (non-hydrogen) atoms. The van der Waals surface area contributed by atoms with Crippen LogP contribution in [0.4, 0.5) is 4.79 Å². The Kier molecular flexibility index (Phi) is 4.98. The molecule has 0 N–H and O–H groups in total. The third-order valence-corrected chi connectivity index (χ3v) is 5.71. The Morgan fingerprint density at radius 1 is 1.31 bits per heavy atom. The minimum atomic E-state index is -0.124. The smallest absolute Gasteiger partial charge is 0.320 e. The summed E-state index contributed by atoms with van der Waals surface area (Å²) in [5, 5.41) is 0. The van der Waals surface area contributed by atoms with Crippen LogP contribution in [0.5, 0.6) is 5.88 Å². The SMILES string of the molecule is Cc1cncc(OCC[C@H]2CCOC3(C2)CN(C(=O)N2CCCC2)C3)n1. The number of nitrogens with zero attached hydrogens (tertiary/aromatic N) is 4. The third-order valence-electron chi connectivity index (χ3n) is 5.71. The van der Waals surface area contributed by atoms with Gasteiger partial charge in [0, 0.05) is 25.9 Å². The monoisotopic (exact) mass is 360 g/mol. The highest BCUT2D eigenvalue weighted by Gasteiger charge is 2.50. The number of aryl methyl sites for hydroxylation is 1. The zero-order chi connectivity index (χ0) is 18.0. The molecule has 3 aliphatic rings. The summed E-state index contributed by atoms with van der Waals surface area (Å²) in [4.78, 5) is 24.8. The number of amides is 2. The van der Waals surface area contributed by atoms with Gasteiger partial charge in [-0.15, -0.1) is 0 Å². The molecule has 3 aliphatic heterocycles. The van der Waals surface area contributed by atoms with Gasteiger partial charge < -0.3 is 19.3 Å². The first kappa shape index (κ1) is 17.5. The Morgan fingerprint density at radius 3 is 2.88 bits per heavy atom. The first-order chi connectivity index (χ1) is 12.6. The first-order valence-electron chi connectivity index (χ1n) is 9.73. The Bertz CT molecular complexity index is 641. The lowest BCUT2D eigenvalue weighted by Crippen LogP contribution is -2.68. The van der Waals surface area contributed by atoms with Crippen LogP contribution in [0.3, 0.4) is 0 Å². The van der Waals surface area contributed by atoms with E-state index in [0.29, 0.717) is 18.4 Å². The number of rotatable bonds is 4. The molecule has 0 aromatic carbocycles. The fourth-order valence-electron chi connectivity index (χ4n) is 4.33. The van der Waals surface area contributed by atoms with Gasteiger partial charge in [-0.2, -0.15) is 0 Å². The van der Waals surface area contributed by atoms with Gasteiger partial charge in [-0.05, 0) is 44.9 Å². The molecule has 142 valence electrons. The minimum Gasteiger partial charge on any atom is -0.477 e. The van der Waals surface area contributed by atoms with E-state index in [1.807, 2.05) is 16.7 Å². The van der Waals surface area contributed by atoms with Crippen LogP contribution in [-0.2, 0) is 4.74 Å². The summed E-state index contributed by atoms with van der Waals surface area (Å²) >= 11 is 0. The van der Waals surface area contributed by atoms with Crippen molar-refractivity contribution < 1.29 is 14.3 Å². The maximum atomic E-state index is 12.5. The fraction of sp³-hybridized carbons (Fsp3) is 0.737. The van der Waals surface area contributed by atoms with Gasteiger partial charge in [0.25, 0.3) is 0 Å². The summed E-state index contributed by atoms with van der Waals surface area (Å²) < 4.78 is 11.8. The van der Waals surface area contributed by atoms with Gasteiger partial charge in [-0.25, -0.2) is 9.78 Å². The number of likely N-dealkylation sites (tertiary alicyclic amines) is 2. The van der Waals surface area contributed by atoms with Crippen LogP contribution in [0.25, 0.3) is 0 Å². The number of urea groups is 1. The average Bonchev–Trinajstić information content (AvgIpc) is 3.14. The van der Waals surface area contributed by atoms with E-state index in [4.69, 9.17) is 9.47 Å². The normalized spacial score (nSPS) is 24.6. The Morgan fingerprint density at radius 2 is 2.12 bits per heavy atom. The maximum Gasteiger partial charge on any atom is 0.320 e. The van der Waals surface area contributed by atoms with Crippen molar-refractivity contribution in [3.8, 4) is 5.88 Å². The van der Waals surface area contributed by atoms with E-state index in [-0.39, 0.29) is 11.6 Å². The molecule has 4 rings (SSSR count). The van der Waals surface area contributed by atoms with Gasteiger partial charge in [-0.3, -0.25) is 4.98 Å². The molecule has 1 aromatic rings. The predicted octanol–water partition coefficient (Wildman–Crippen LogP) is 2.25. The highest BCUT2D eigenvalue weighted by molar-refractivity contribution is 5.76. The molecular formula is C19H28N4O3. The predicted molar refractivity (Wildman–Crippen MR) is 96.1 cm³/mol. The number of hydrogen-bond acceptors (Lipinski definition) is 5. The lowest BCUT2D eigenvalue weighted by Gasteiger charge is -2.53. The van der Waals surface area contributed by atoms with Gasteiger partial charge in [0.05, 0.1) is 31.6 Å². The van der Waals surface area contributed by atoms with Gasteiger partial charge in [0.15, 0.2) is 0 Å². The summed E-state index contributed by atoms with van der Waals surface area (Å²) in [6.07, 6.45) is 8.71. The molecule has 1 atom stereocenters. The standard InChI is InChI=1S/C19H28N4O3/c1-15-11-20-12-17(21-15)25-8-4-16-5-9-26-19(10-16)13-23(14-19)18(24)22-6-2-3-7-22/h11-12,16H,2-10,13-14H2,1H3/t16-/m0/s1. The molecular weight excluding hydrogens is 332 g/mol. The van der Waals surface area contributed by atoms with Crippen molar-refractivity contribution in [1.29, 1.82) is 0 Å². The number of hydrogen-bond donors (Lipinski definition) is 0. The van der Waals surface area contributed by atoms with E-state index in [1.54, 1.807) is 12.4 Å². The highest BCUT2D eigenvalue weighted by atomic mass is 16.5. The quantitative estimate of drug-likeness (QED) is 0.824. The lowest BCUT2D eigenvalue weighted by atomic mass is 9.79. The van der Waals surface area contributed by atoms with Gasteiger partial charge >= 0.3 is 6.03 Å². The van der Waals surface area contributed by atoms with E-state index in [1.165, 1.54) is 0 Å². The Balaban J connectivity index is 1.23. The summed E-state index contributed by atoms with van der Waals surface area (Å²) in [7, 11) is 0. The molecule has 0 saturated carbocycles. The van der Waals surface area contributed by atoms with Gasteiger partial charge in [0.1, 0.15) is 5.60 Å². The molecule has 0 bridgehead atoms. The molecule has 0 unspecified atom stereocenters. The second kappa shape index (κ2) is 7.39. The topological polar surface area (TPSA) is 67.8 Å². The van der Waals surface area contributed by atoms with E-state index >= 15 is 0 Å². The minimum absolute atomic E-state index is 0.124. The fourth-order valence-corrected chi connectivity index (χ4v) is 4.33. The van der Waals surface area contributed by atoms with E-state index in [0.717, 1.165) is 70.6 Å². The van der Waals surface area contributed by atoms with Gasteiger partial charge in [-0.1, -0.05) is 0 Å². The molecule has 7 nitrogen and oxygen atoms in total. The number of ether oxygens (including phenoxy) is 2. The summed E-state index contributed by atoms with van der Waals surface area (Å²) in [5.74, 6) is 1.17. The van der Waals surface area contributed by atoms with E-state index in [9.17, 15) is 4.79 Å². The number of carbonyl (C=O) groups excluding carboxylic acids is 1. The summed E-state index contributed by atoms with van der Waals surface area (Å²) in [5.41, 5.74) is 0.742. The molecule has 0 radical (unpaired) electrons. The largest absolute Gasteiger partial charge is 0.477 e. The van der Waals surface area contributed by atoms with Crippen molar-refractivity contribution in [3.63, 3.8) is 0 Å². The van der Waals surface area contributed by atoms with Crippen molar-refractivity contribution in [3.05, 3.63) is 18.1 Å². The van der Waals surface area contributed by atoms with Crippen LogP contribution in [0.15, 0.2) is 12.4 Å². The molecule has 7 heteroatoms. The zero-order valence-electron chi connectivity index (χ0n) is 15.5. The van der Waals surface area contributed by atoms with Crippen LogP contribution in [0.2, 0.25) is 0 Å². The first-order valence-corrected chi connectivity index (χ1v) is 9.73. The molecule has 1 spiro atoms. The van der Waals surface area contributed by atoms with Gasteiger partial charge in [0.2, 0.25) is 5.88 Å². The molecule has 4 heterocycles. The highest BCUT2D eigenvalue weighted by Crippen LogP contribution is 2.38. The van der Waals surface area contributed by atoms with Crippen molar-refractivity contribution in [2.24, 2.45) is 5.92 Å². The van der Waals surface area contributed by atoms with Crippen LogP contribution in [0, 0.1) is 12.8 Å². The third kappa shape index (κ3) is 3.77. The number of carbonyl (C=O) groups is 1. The molecule has 2 amide bonds. The molecule has 3 fully saturated rings. The van der Waals surface area contributed by atoms with Crippen molar-refractivity contribution >= 4 is 6.03 Å². The summed E-state index contributed by atoms with van der Waals surface area (Å²) in [6.45, 7) is 6.63. The second-order valence-electron chi connectivity index (χ2n) is 7.86. The van der Waals surface area contributed by atoms with Crippen molar-refractivity contribution in [2.45, 2.75) is 44.6 Å².